The molecule has 0 saturated heterocycles. The Kier molecular flexibility index (Phi) is 6.94. The molecule has 1 saturated carbocycles. The minimum absolute atomic E-state index is 0.0905. The Hall–Kier alpha value is -1.57. The Bertz CT molecular complexity index is 396. The summed E-state index contributed by atoms with van der Waals surface area (Å²) in [5, 5.41) is 27.3. The standard InChI is InChI=1S/C15H20O4/c16-13(9-10-15(18)19)5-3-1-2-4-6-14(17)11-12-7-8-12/h1-2,4,6,12-14,16-17H,7-11H2,(H,18,19)/b2-1+,6-4+/t13-,14+/m1/s1. The molecule has 104 valence electrons. The zero-order valence-electron chi connectivity index (χ0n) is 10.8. The molecule has 0 spiro atoms. The van der Waals surface area contributed by atoms with Crippen LogP contribution in [0.3, 0.4) is 0 Å². The van der Waals surface area contributed by atoms with Gasteiger partial charge in [-0.3, -0.25) is 4.79 Å². The monoisotopic (exact) mass is 264 g/mol. The van der Waals surface area contributed by atoms with E-state index in [0.717, 1.165) is 6.42 Å². The van der Waals surface area contributed by atoms with E-state index in [1.807, 2.05) is 0 Å². The van der Waals surface area contributed by atoms with Crippen molar-refractivity contribution in [3.63, 3.8) is 0 Å². The number of hydrogen-bond donors (Lipinski definition) is 3. The molecule has 0 radical (unpaired) electrons. The highest BCUT2D eigenvalue weighted by molar-refractivity contribution is 5.66. The van der Waals surface area contributed by atoms with Crippen LogP contribution in [0.25, 0.3) is 0 Å². The minimum Gasteiger partial charge on any atom is -0.481 e. The first-order valence-corrected chi connectivity index (χ1v) is 6.50. The molecule has 4 nitrogen and oxygen atoms in total. The molecule has 1 rings (SSSR count). The van der Waals surface area contributed by atoms with Gasteiger partial charge in [-0.2, -0.15) is 0 Å². The lowest BCUT2D eigenvalue weighted by atomic mass is 10.1. The number of carboxylic acids is 1. The summed E-state index contributed by atoms with van der Waals surface area (Å²) in [5.41, 5.74) is 0. The molecule has 19 heavy (non-hydrogen) atoms. The molecule has 0 amide bonds. The van der Waals surface area contributed by atoms with E-state index in [-0.39, 0.29) is 12.8 Å². The van der Waals surface area contributed by atoms with Crippen molar-refractivity contribution in [3.8, 4) is 11.8 Å². The van der Waals surface area contributed by atoms with Gasteiger partial charge in [-0.1, -0.05) is 42.9 Å². The summed E-state index contributed by atoms with van der Waals surface area (Å²) >= 11 is 0. The Morgan fingerprint density at radius 2 is 2.05 bits per heavy atom. The third-order valence-electron chi connectivity index (χ3n) is 2.78. The van der Waals surface area contributed by atoms with Crippen molar-refractivity contribution in [2.75, 3.05) is 0 Å². The van der Waals surface area contributed by atoms with Gasteiger partial charge in [0.05, 0.1) is 6.10 Å². The lowest BCUT2D eigenvalue weighted by Gasteiger charge is -2.01. The lowest BCUT2D eigenvalue weighted by molar-refractivity contribution is -0.137. The molecule has 1 aliphatic rings. The molecular formula is C15H20O4. The molecular weight excluding hydrogens is 244 g/mol. The summed E-state index contributed by atoms with van der Waals surface area (Å²) in [4.78, 5) is 10.3. The maximum absolute atomic E-state index is 10.3. The molecule has 0 unspecified atom stereocenters. The number of aliphatic carboxylic acids is 1. The van der Waals surface area contributed by atoms with Gasteiger partial charge in [0, 0.05) is 6.42 Å². The molecule has 4 heteroatoms. The number of allylic oxidation sites excluding steroid dienone is 3. The van der Waals surface area contributed by atoms with E-state index in [1.165, 1.54) is 12.8 Å². The van der Waals surface area contributed by atoms with E-state index in [4.69, 9.17) is 5.11 Å². The van der Waals surface area contributed by atoms with Gasteiger partial charge in [0.25, 0.3) is 0 Å². The molecule has 1 aliphatic carbocycles. The van der Waals surface area contributed by atoms with Crippen LogP contribution in [0.5, 0.6) is 0 Å². The van der Waals surface area contributed by atoms with E-state index in [1.54, 1.807) is 24.3 Å². The van der Waals surface area contributed by atoms with Crippen molar-refractivity contribution in [2.24, 2.45) is 5.92 Å². The highest BCUT2D eigenvalue weighted by Gasteiger charge is 2.23. The SMILES string of the molecule is O=C(O)CC[C@H](O)C#C/C=C/C=C/[C@H](O)CC1CC1. The van der Waals surface area contributed by atoms with Gasteiger partial charge in [0.15, 0.2) is 0 Å². The van der Waals surface area contributed by atoms with Crippen LogP contribution in [0.15, 0.2) is 24.3 Å². The molecule has 0 bridgehead atoms. The van der Waals surface area contributed by atoms with Gasteiger partial charge in [-0.25, -0.2) is 0 Å². The Labute approximate surface area is 113 Å². The first kappa shape index (κ1) is 15.5. The van der Waals surface area contributed by atoms with E-state index in [2.05, 4.69) is 11.8 Å². The second kappa shape index (κ2) is 8.52. The average molecular weight is 264 g/mol. The Morgan fingerprint density at radius 1 is 1.32 bits per heavy atom. The summed E-state index contributed by atoms with van der Waals surface area (Å²) in [6.07, 6.45) is 8.69. The van der Waals surface area contributed by atoms with Gasteiger partial charge >= 0.3 is 5.97 Å². The van der Waals surface area contributed by atoms with Crippen LogP contribution in [0.4, 0.5) is 0 Å². The number of aliphatic hydroxyl groups is 2. The number of rotatable bonds is 7. The van der Waals surface area contributed by atoms with E-state index >= 15 is 0 Å². The minimum atomic E-state index is -0.941. The van der Waals surface area contributed by atoms with E-state index in [0.29, 0.717) is 5.92 Å². The summed E-state index contributed by atoms with van der Waals surface area (Å²) in [5.74, 6) is 4.90. The summed E-state index contributed by atoms with van der Waals surface area (Å²) in [6, 6.07) is 0. The zero-order chi connectivity index (χ0) is 14.1. The molecule has 3 N–H and O–H groups in total. The third-order valence-corrected chi connectivity index (χ3v) is 2.78. The smallest absolute Gasteiger partial charge is 0.303 e. The third kappa shape index (κ3) is 9.06. The number of carboxylic acid groups (broad SMARTS) is 1. The fourth-order valence-corrected chi connectivity index (χ4v) is 1.55. The van der Waals surface area contributed by atoms with E-state index in [9.17, 15) is 15.0 Å². The van der Waals surface area contributed by atoms with E-state index < -0.39 is 18.2 Å². The van der Waals surface area contributed by atoms with Crippen molar-refractivity contribution in [1.29, 1.82) is 0 Å². The van der Waals surface area contributed by atoms with Crippen molar-refractivity contribution < 1.29 is 20.1 Å². The van der Waals surface area contributed by atoms with Gasteiger partial charge < -0.3 is 15.3 Å². The Balaban J connectivity index is 2.17. The highest BCUT2D eigenvalue weighted by atomic mass is 16.4. The summed E-state index contributed by atoms with van der Waals surface area (Å²) < 4.78 is 0. The molecule has 1 fully saturated rings. The topological polar surface area (TPSA) is 77.8 Å². The summed E-state index contributed by atoms with van der Waals surface area (Å²) in [6.45, 7) is 0. The number of hydrogen-bond acceptors (Lipinski definition) is 3. The van der Waals surface area contributed by atoms with Crippen LogP contribution in [0, 0.1) is 17.8 Å². The normalized spacial score (nSPS) is 18.2. The first-order chi connectivity index (χ1) is 9.08. The lowest BCUT2D eigenvalue weighted by Crippen LogP contribution is -2.06. The number of aliphatic hydroxyl groups excluding tert-OH is 2. The van der Waals surface area contributed by atoms with Gasteiger partial charge in [-0.15, -0.1) is 0 Å². The fraction of sp³-hybridized carbons (Fsp3) is 0.533. The van der Waals surface area contributed by atoms with Crippen LogP contribution in [0.2, 0.25) is 0 Å². The maximum atomic E-state index is 10.3. The second-order valence-corrected chi connectivity index (χ2v) is 4.73. The highest BCUT2D eigenvalue weighted by Crippen LogP contribution is 2.33. The molecule has 0 aromatic carbocycles. The second-order valence-electron chi connectivity index (χ2n) is 4.73. The zero-order valence-corrected chi connectivity index (χ0v) is 10.8. The van der Waals surface area contributed by atoms with Crippen LogP contribution in [-0.2, 0) is 4.79 Å². The molecule has 0 aliphatic heterocycles. The summed E-state index contributed by atoms with van der Waals surface area (Å²) in [7, 11) is 0. The van der Waals surface area contributed by atoms with Crippen LogP contribution < -0.4 is 0 Å². The predicted octanol–water partition coefficient (Wildman–Crippen LogP) is 1.49. The first-order valence-electron chi connectivity index (χ1n) is 6.50. The van der Waals surface area contributed by atoms with Crippen molar-refractivity contribution >= 4 is 5.97 Å². The maximum Gasteiger partial charge on any atom is 0.303 e. The van der Waals surface area contributed by atoms with Crippen molar-refractivity contribution in [3.05, 3.63) is 24.3 Å². The van der Waals surface area contributed by atoms with Gasteiger partial charge in [0.2, 0.25) is 0 Å². The average Bonchev–Trinajstić information content (AvgIpc) is 3.14. The quantitative estimate of drug-likeness (QED) is 0.481. The van der Waals surface area contributed by atoms with Gasteiger partial charge in [-0.05, 0) is 24.8 Å². The molecule has 0 aromatic heterocycles. The largest absolute Gasteiger partial charge is 0.481 e. The Morgan fingerprint density at radius 3 is 2.68 bits per heavy atom. The van der Waals surface area contributed by atoms with Crippen molar-refractivity contribution in [2.45, 2.75) is 44.3 Å². The van der Waals surface area contributed by atoms with Crippen LogP contribution in [-0.4, -0.2) is 33.5 Å². The fourth-order valence-electron chi connectivity index (χ4n) is 1.55. The van der Waals surface area contributed by atoms with Crippen LogP contribution >= 0.6 is 0 Å². The molecule has 2 atom stereocenters. The van der Waals surface area contributed by atoms with Gasteiger partial charge in [0.1, 0.15) is 6.10 Å². The predicted molar refractivity (Wildman–Crippen MR) is 72.3 cm³/mol. The van der Waals surface area contributed by atoms with Crippen molar-refractivity contribution in [1.82, 2.24) is 0 Å². The van der Waals surface area contributed by atoms with Crippen LogP contribution in [0.1, 0.15) is 32.1 Å². The molecule has 0 heterocycles. The number of carbonyl (C=O) groups is 1. The molecule has 0 aromatic rings.